The molecule has 0 saturated carbocycles. The number of rotatable bonds is 5. The Hall–Kier alpha value is -2.04. The van der Waals surface area contributed by atoms with Crippen LogP contribution in [0.2, 0.25) is 0 Å². The maximum absolute atomic E-state index is 12.1. The minimum absolute atomic E-state index is 0.0388. The molecule has 1 aromatic rings. The number of piperidine rings is 1. The largest absolute Gasteiger partial charge is 0.344 e. The molecule has 0 bridgehead atoms. The van der Waals surface area contributed by atoms with Gasteiger partial charge in [0.05, 0.1) is 0 Å². The molecule has 5 heteroatoms. The number of hydrogen-bond acceptors (Lipinski definition) is 2. The number of nitrogens with one attached hydrogen (secondary N) is 2. The van der Waals surface area contributed by atoms with E-state index in [0.29, 0.717) is 19.4 Å². The summed E-state index contributed by atoms with van der Waals surface area (Å²) in [7, 11) is 1.78. The number of nitrogens with zero attached hydrogens (tertiary/aromatic N) is 1. The molecule has 3 amide bonds. The molecule has 0 aromatic heterocycles. The van der Waals surface area contributed by atoms with Crippen LogP contribution in [0.4, 0.5) is 4.79 Å². The van der Waals surface area contributed by atoms with Crippen LogP contribution >= 0.6 is 0 Å². The number of benzene rings is 1. The average molecular weight is 303 g/mol. The molecule has 0 spiro atoms. The first-order valence-electron chi connectivity index (χ1n) is 7.93. The first kappa shape index (κ1) is 16.3. The molecule has 0 aliphatic carbocycles. The minimum Gasteiger partial charge on any atom is -0.344 e. The fourth-order valence-electron chi connectivity index (χ4n) is 2.74. The van der Waals surface area contributed by atoms with Crippen molar-refractivity contribution in [1.29, 1.82) is 0 Å². The first-order valence-corrected chi connectivity index (χ1v) is 7.93. The lowest BCUT2D eigenvalue weighted by Crippen LogP contribution is -2.52. The van der Waals surface area contributed by atoms with Gasteiger partial charge in [0.25, 0.3) is 0 Å². The molecule has 1 fully saturated rings. The number of hydrogen-bond donors (Lipinski definition) is 2. The van der Waals surface area contributed by atoms with E-state index in [1.165, 1.54) is 5.56 Å². The lowest BCUT2D eigenvalue weighted by Gasteiger charge is -2.30. The Labute approximate surface area is 132 Å². The molecule has 2 N–H and O–H groups in total. The minimum atomic E-state index is -0.143. The fourth-order valence-corrected chi connectivity index (χ4v) is 2.74. The number of amides is 3. The van der Waals surface area contributed by atoms with Crippen molar-refractivity contribution in [3.8, 4) is 0 Å². The Bertz CT molecular complexity index is 504. The van der Waals surface area contributed by atoms with E-state index in [0.717, 1.165) is 12.8 Å². The van der Waals surface area contributed by atoms with E-state index in [1.807, 2.05) is 18.2 Å². The van der Waals surface area contributed by atoms with Gasteiger partial charge in [0.1, 0.15) is 0 Å². The maximum Gasteiger partial charge on any atom is 0.315 e. The molecule has 1 aliphatic heterocycles. The third-order valence-electron chi connectivity index (χ3n) is 4.11. The van der Waals surface area contributed by atoms with Crippen LogP contribution in [-0.4, -0.2) is 42.5 Å². The van der Waals surface area contributed by atoms with Gasteiger partial charge in [-0.05, 0) is 24.8 Å². The van der Waals surface area contributed by atoms with E-state index < -0.39 is 0 Å². The van der Waals surface area contributed by atoms with Crippen LogP contribution < -0.4 is 10.6 Å². The summed E-state index contributed by atoms with van der Waals surface area (Å²) in [6.45, 7) is 2.66. The van der Waals surface area contributed by atoms with E-state index in [2.05, 4.69) is 29.7 Å². The summed E-state index contributed by atoms with van der Waals surface area (Å²) < 4.78 is 0. The monoisotopic (exact) mass is 303 g/mol. The summed E-state index contributed by atoms with van der Waals surface area (Å²) in [6.07, 6.45) is 2.92. The van der Waals surface area contributed by atoms with Crippen molar-refractivity contribution in [2.75, 3.05) is 13.6 Å². The van der Waals surface area contributed by atoms with Crippen LogP contribution in [0.15, 0.2) is 30.3 Å². The molecule has 2 rings (SSSR count). The smallest absolute Gasteiger partial charge is 0.315 e. The standard InChI is InChI=1S/C17H25N3O2/c1-3-14(11-13-7-5-4-6-8-13)18-17(22)19-15-9-10-16(21)20(2)12-15/h4-8,14-15H,3,9-12H2,1-2H3,(H2,18,19,22)/t14-,15-/m1/s1. The van der Waals surface area contributed by atoms with Gasteiger partial charge in [-0.25, -0.2) is 4.79 Å². The second-order valence-corrected chi connectivity index (χ2v) is 5.92. The first-order chi connectivity index (χ1) is 10.6. The predicted octanol–water partition coefficient (Wildman–Crippen LogP) is 1.93. The normalized spacial score (nSPS) is 19.6. The molecule has 2 atom stereocenters. The fraction of sp³-hybridized carbons (Fsp3) is 0.529. The van der Waals surface area contributed by atoms with Gasteiger partial charge in [0, 0.05) is 32.1 Å². The lowest BCUT2D eigenvalue weighted by molar-refractivity contribution is -0.132. The average Bonchev–Trinajstić information content (AvgIpc) is 2.51. The van der Waals surface area contributed by atoms with Gasteiger partial charge < -0.3 is 15.5 Å². The Kier molecular flexibility index (Phi) is 5.81. The zero-order valence-electron chi connectivity index (χ0n) is 13.3. The zero-order chi connectivity index (χ0) is 15.9. The SMILES string of the molecule is CC[C@H](Cc1ccccc1)NC(=O)N[C@@H]1CCC(=O)N(C)C1. The number of likely N-dealkylation sites (tertiary alicyclic amines) is 1. The summed E-state index contributed by atoms with van der Waals surface area (Å²) in [6, 6.07) is 10.2. The van der Waals surface area contributed by atoms with E-state index in [-0.39, 0.29) is 24.0 Å². The van der Waals surface area contributed by atoms with E-state index in [4.69, 9.17) is 0 Å². The topological polar surface area (TPSA) is 61.4 Å². The maximum atomic E-state index is 12.1. The van der Waals surface area contributed by atoms with Gasteiger partial charge in [0.2, 0.25) is 5.91 Å². The van der Waals surface area contributed by atoms with E-state index in [9.17, 15) is 9.59 Å². The summed E-state index contributed by atoms with van der Waals surface area (Å²) in [5.74, 6) is 0.147. The van der Waals surface area contributed by atoms with Gasteiger partial charge >= 0.3 is 6.03 Å². The van der Waals surface area contributed by atoms with Gasteiger partial charge in [-0.1, -0.05) is 37.3 Å². The molecular formula is C17H25N3O2. The van der Waals surface area contributed by atoms with Crippen LogP contribution in [0.5, 0.6) is 0 Å². The molecule has 0 radical (unpaired) electrons. The number of urea groups is 1. The van der Waals surface area contributed by atoms with Gasteiger partial charge in [-0.2, -0.15) is 0 Å². The number of carbonyl (C=O) groups is 2. The van der Waals surface area contributed by atoms with Gasteiger partial charge in [0.15, 0.2) is 0 Å². The molecule has 0 unspecified atom stereocenters. The van der Waals surface area contributed by atoms with Crippen molar-refractivity contribution in [1.82, 2.24) is 15.5 Å². The molecule has 1 aromatic carbocycles. The number of likely N-dealkylation sites (N-methyl/N-ethyl adjacent to an activating group) is 1. The highest BCUT2D eigenvalue weighted by Gasteiger charge is 2.24. The Morgan fingerprint density at radius 3 is 2.73 bits per heavy atom. The number of carbonyl (C=O) groups excluding carboxylic acids is 2. The molecule has 1 aliphatic rings. The summed E-state index contributed by atoms with van der Waals surface area (Å²) in [5, 5.41) is 6.01. The van der Waals surface area contributed by atoms with Crippen molar-refractivity contribution < 1.29 is 9.59 Å². The van der Waals surface area contributed by atoms with E-state index in [1.54, 1.807) is 11.9 Å². The van der Waals surface area contributed by atoms with Crippen LogP contribution in [0, 0.1) is 0 Å². The highest BCUT2D eigenvalue weighted by atomic mass is 16.2. The van der Waals surface area contributed by atoms with Crippen LogP contribution in [0.1, 0.15) is 31.7 Å². The summed E-state index contributed by atoms with van der Waals surface area (Å²) >= 11 is 0. The summed E-state index contributed by atoms with van der Waals surface area (Å²) in [4.78, 5) is 25.3. The van der Waals surface area contributed by atoms with Gasteiger partial charge in [-0.3, -0.25) is 4.79 Å². The second kappa shape index (κ2) is 7.82. The van der Waals surface area contributed by atoms with Crippen molar-refractivity contribution in [3.05, 3.63) is 35.9 Å². The van der Waals surface area contributed by atoms with Crippen molar-refractivity contribution in [2.45, 2.75) is 44.7 Å². The molecular weight excluding hydrogens is 278 g/mol. The van der Waals surface area contributed by atoms with Crippen molar-refractivity contribution in [2.24, 2.45) is 0 Å². The Morgan fingerprint density at radius 1 is 1.36 bits per heavy atom. The van der Waals surface area contributed by atoms with Crippen molar-refractivity contribution >= 4 is 11.9 Å². The third-order valence-corrected chi connectivity index (χ3v) is 4.11. The van der Waals surface area contributed by atoms with Crippen molar-refractivity contribution in [3.63, 3.8) is 0 Å². The molecule has 22 heavy (non-hydrogen) atoms. The predicted molar refractivity (Wildman–Crippen MR) is 86.6 cm³/mol. The molecule has 1 saturated heterocycles. The third kappa shape index (κ3) is 4.76. The molecule has 5 nitrogen and oxygen atoms in total. The Balaban J connectivity index is 1.81. The molecule has 1 heterocycles. The molecule has 120 valence electrons. The zero-order valence-corrected chi connectivity index (χ0v) is 13.3. The lowest BCUT2D eigenvalue weighted by atomic mass is 10.0. The van der Waals surface area contributed by atoms with E-state index >= 15 is 0 Å². The highest BCUT2D eigenvalue weighted by Crippen LogP contribution is 2.10. The van der Waals surface area contributed by atoms with Crippen LogP contribution in [0.25, 0.3) is 0 Å². The summed E-state index contributed by atoms with van der Waals surface area (Å²) in [5.41, 5.74) is 1.22. The quantitative estimate of drug-likeness (QED) is 0.873. The van der Waals surface area contributed by atoms with Gasteiger partial charge in [-0.15, -0.1) is 0 Å². The second-order valence-electron chi connectivity index (χ2n) is 5.92. The Morgan fingerprint density at radius 2 is 2.09 bits per heavy atom. The van der Waals surface area contributed by atoms with Crippen LogP contribution in [-0.2, 0) is 11.2 Å². The van der Waals surface area contributed by atoms with Crippen LogP contribution in [0.3, 0.4) is 0 Å². The highest BCUT2D eigenvalue weighted by molar-refractivity contribution is 5.78.